The van der Waals surface area contributed by atoms with Crippen molar-refractivity contribution in [1.82, 2.24) is 19.6 Å². The van der Waals surface area contributed by atoms with E-state index in [1.807, 2.05) is 35.0 Å². The van der Waals surface area contributed by atoms with E-state index in [-0.39, 0.29) is 0 Å². The van der Waals surface area contributed by atoms with Crippen LogP contribution in [-0.2, 0) is 5.75 Å². The van der Waals surface area contributed by atoms with Gasteiger partial charge in [-0.25, -0.2) is 10.8 Å². The Morgan fingerprint density at radius 2 is 2.33 bits per heavy atom. The van der Waals surface area contributed by atoms with Gasteiger partial charge < -0.3 is 0 Å². The van der Waals surface area contributed by atoms with Gasteiger partial charge in [0.1, 0.15) is 0 Å². The number of pyridine rings is 1. The summed E-state index contributed by atoms with van der Waals surface area (Å²) in [6, 6.07) is 5.84. The summed E-state index contributed by atoms with van der Waals surface area (Å²) in [4.78, 5) is 5.26. The minimum absolute atomic E-state index is 0.719. The number of hydrogen-bond acceptors (Lipinski definition) is 7. The van der Waals surface area contributed by atoms with Crippen LogP contribution in [0.1, 0.15) is 4.88 Å². The standard InChI is InChI=1S/C10H10N6S2/c11-13-9-12-5-7(18-9)6-17-10-15-14-8-3-1-2-4-16(8)10/h1-5H,6,11H2,(H,12,13). The predicted molar refractivity (Wildman–Crippen MR) is 72.5 cm³/mol. The molecule has 0 bridgehead atoms. The van der Waals surface area contributed by atoms with Crippen molar-refractivity contribution in [3.8, 4) is 0 Å². The van der Waals surface area contributed by atoms with E-state index in [9.17, 15) is 0 Å². The van der Waals surface area contributed by atoms with Crippen LogP contribution >= 0.6 is 23.1 Å². The van der Waals surface area contributed by atoms with Crippen molar-refractivity contribution in [3.05, 3.63) is 35.5 Å². The van der Waals surface area contributed by atoms with Crippen molar-refractivity contribution in [2.24, 2.45) is 5.84 Å². The Labute approximate surface area is 111 Å². The molecule has 18 heavy (non-hydrogen) atoms. The zero-order valence-electron chi connectivity index (χ0n) is 9.28. The monoisotopic (exact) mass is 278 g/mol. The Kier molecular flexibility index (Phi) is 3.13. The summed E-state index contributed by atoms with van der Waals surface area (Å²) in [5.41, 5.74) is 3.39. The smallest absolute Gasteiger partial charge is 0.197 e. The van der Waals surface area contributed by atoms with Gasteiger partial charge in [0, 0.05) is 23.0 Å². The number of aromatic nitrogens is 4. The molecule has 3 rings (SSSR count). The number of nitrogens with two attached hydrogens (primary N) is 1. The van der Waals surface area contributed by atoms with Gasteiger partial charge in [-0.2, -0.15) is 0 Å². The molecule has 3 aromatic heterocycles. The number of hydrazine groups is 1. The third kappa shape index (κ3) is 2.17. The topological polar surface area (TPSA) is 81.1 Å². The molecular weight excluding hydrogens is 268 g/mol. The lowest BCUT2D eigenvalue weighted by Crippen LogP contribution is -2.05. The molecule has 3 N–H and O–H groups in total. The van der Waals surface area contributed by atoms with Gasteiger partial charge in [0.15, 0.2) is 15.9 Å². The van der Waals surface area contributed by atoms with E-state index >= 15 is 0 Å². The predicted octanol–water partition coefficient (Wildman–Crippen LogP) is 1.76. The van der Waals surface area contributed by atoms with Gasteiger partial charge in [0.25, 0.3) is 0 Å². The number of anilines is 1. The molecule has 0 fully saturated rings. The van der Waals surface area contributed by atoms with Crippen LogP contribution < -0.4 is 11.3 Å². The average molecular weight is 278 g/mol. The first-order valence-corrected chi connectivity index (χ1v) is 7.01. The molecule has 3 heterocycles. The summed E-state index contributed by atoms with van der Waals surface area (Å²) in [7, 11) is 0. The molecule has 0 aliphatic rings. The molecule has 0 amide bonds. The Balaban J connectivity index is 1.76. The summed E-state index contributed by atoms with van der Waals surface area (Å²) >= 11 is 3.16. The Morgan fingerprint density at radius 1 is 1.39 bits per heavy atom. The van der Waals surface area contributed by atoms with E-state index in [0.29, 0.717) is 0 Å². The van der Waals surface area contributed by atoms with E-state index in [0.717, 1.165) is 26.6 Å². The van der Waals surface area contributed by atoms with Crippen LogP contribution in [0.5, 0.6) is 0 Å². The highest BCUT2D eigenvalue weighted by molar-refractivity contribution is 7.98. The normalized spacial score (nSPS) is 10.9. The average Bonchev–Trinajstić information content (AvgIpc) is 3.03. The van der Waals surface area contributed by atoms with E-state index in [1.54, 1.807) is 11.8 Å². The fourth-order valence-electron chi connectivity index (χ4n) is 1.49. The fourth-order valence-corrected chi connectivity index (χ4v) is 3.16. The lowest BCUT2D eigenvalue weighted by Gasteiger charge is -1.97. The fraction of sp³-hybridized carbons (Fsp3) is 0.100. The zero-order valence-corrected chi connectivity index (χ0v) is 10.9. The van der Waals surface area contributed by atoms with E-state index in [1.165, 1.54) is 11.3 Å². The van der Waals surface area contributed by atoms with Crippen molar-refractivity contribution < 1.29 is 0 Å². The molecule has 0 atom stereocenters. The van der Waals surface area contributed by atoms with Crippen LogP contribution in [0.25, 0.3) is 5.65 Å². The molecule has 0 saturated carbocycles. The molecule has 0 aliphatic carbocycles. The molecule has 3 aromatic rings. The quantitative estimate of drug-likeness (QED) is 0.430. The molecule has 0 aliphatic heterocycles. The van der Waals surface area contributed by atoms with Crippen LogP contribution in [0.4, 0.5) is 5.13 Å². The Morgan fingerprint density at radius 3 is 3.17 bits per heavy atom. The van der Waals surface area contributed by atoms with Crippen molar-refractivity contribution in [2.45, 2.75) is 10.9 Å². The summed E-state index contributed by atoms with van der Waals surface area (Å²) in [5, 5.41) is 9.85. The molecule has 0 aromatic carbocycles. The van der Waals surface area contributed by atoms with Crippen molar-refractivity contribution in [3.63, 3.8) is 0 Å². The van der Waals surface area contributed by atoms with Crippen molar-refractivity contribution in [1.29, 1.82) is 0 Å². The number of nitrogens with zero attached hydrogens (tertiary/aromatic N) is 4. The molecule has 0 saturated heterocycles. The summed E-state index contributed by atoms with van der Waals surface area (Å²) in [6.07, 6.45) is 3.77. The van der Waals surface area contributed by atoms with Crippen molar-refractivity contribution in [2.75, 3.05) is 5.43 Å². The van der Waals surface area contributed by atoms with Gasteiger partial charge in [-0.3, -0.25) is 9.83 Å². The van der Waals surface area contributed by atoms with Crippen LogP contribution in [-0.4, -0.2) is 19.6 Å². The molecule has 8 heteroatoms. The summed E-state index contributed by atoms with van der Waals surface area (Å²) in [6.45, 7) is 0. The first-order chi connectivity index (χ1) is 8.86. The van der Waals surface area contributed by atoms with E-state index < -0.39 is 0 Å². The molecule has 0 unspecified atom stereocenters. The van der Waals surface area contributed by atoms with Gasteiger partial charge in [0.05, 0.1) is 0 Å². The third-order valence-electron chi connectivity index (χ3n) is 2.30. The number of nitrogens with one attached hydrogen (secondary N) is 1. The lowest BCUT2D eigenvalue weighted by molar-refractivity contribution is 0.921. The maximum absolute atomic E-state index is 5.29. The lowest BCUT2D eigenvalue weighted by atomic mass is 10.5. The molecule has 6 nitrogen and oxygen atoms in total. The minimum Gasteiger partial charge on any atom is -0.300 e. The van der Waals surface area contributed by atoms with Crippen LogP contribution in [0, 0.1) is 0 Å². The highest BCUT2D eigenvalue weighted by atomic mass is 32.2. The third-order valence-corrected chi connectivity index (χ3v) is 4.41. The second-order valence-corrected chi connectivity index (χ2v) is 5.53. The highest BCUT2D eigenvalue weighted by Gasteiger charge is 2.07. The zero-order chi connectivity index (χ0) is 12.4. The van der Waals surface area contributed by atoms with E-state index in [2.05, 4.69) is 20.6 Å². The van der Waals surface area contributed by atoms with Gasteiger partial charge in [-0.1, -0.05) is 17.8 Å². The Bertz CT molecular complexity index is 661. The van der Waals surface area contributed by atoms with Gasteiger partial charge in [0.2, 0.25) is 0 Å². The molecular formula is C10H10N6S2. The van der Waals surface area contributed by atoms with Crippen LogP contribution in [0.3, 0.4) is 0 Å². The first kappa shape index (κ1) is 11.5. The number of thiazole rings is 1. The minimum atomic E-state index is 0.719. The number of fused-ring (bicyclic) bond motifs is 1. The molecule has 0 radical (unpaired) electrons. The first-order valence-electron chi connectivity index (χ1n) is 5.21. The van der Waals surface area contributed by atoms with Crippen LogP contribution in [0.2, 0.25) is 0 Å². The number of nitrogen functional groups attached to an aromatic ring is 1. The maximum atomic E-state index is 5.29. The maximum Gasteiger partial charge on any atom is 0.197 e. The largest absolute Gasteiger partial charge is 0.300 e. The summed E-state index contributed by atoms with van der Waals surface area (Å²) < 4.78 is 1.97. The van der Waals surface area contributed by atoms with Gasteiger partial charge in [-0.15, -0.1) is 21.5 Å². The molecule has 0 spiro atoms. The second kappa shape index (κ2) is 4.92. The van der Waals surface area contributed by atoms with Gasteiger partial charge >= 0.3 is 0 Å². The summed E-state index contributed by atoms with van der Waals surface area (Å²) in [5.74, 6) is 6.09. The molecule has 92 valence electrons. The van der Waals surface area contributed by atoms with E-state index in [4.69, 9.17) is 5.84 Å². The SMILES string of the molecule is NNc1ncc(CSc2nnc3ccccn23)s1. The Hall–Kier alpha value is -1.64. The van der Waals surface area contributed by atoms with Crippen LogP contribution in [0.15, 0.2) is 35.7 Å². The highest BCUT2D eigenvalue weighted by Crippen LogP contribution is 2.26. The van der Waals surface area contributed by atoms with Gasteiger partial charge in [-0.05, 0) is 12.1 Å². The number of thioether (sulfide) groups is 1. The van der Waals surface area contributed by atoms with Crippen molar-refractivity contribution >= 4 is 33.9 Å². The second-order valence-electron chi connectivity index (χ2n) is 3.48. The number of hydrogen-bond donors (Lipinski definition) is 2. The number of rotatable bonds is 4.